The Bertz CT molecular complexity index is 73.8. The maximum atomic E-state index is 5.56. The van der Waals surface area contributed by atoms with Crippen LogP contribution in [-0.2, 0) is 0 Å². The minimum atomic E-state index is 0.0278. The fourth-order valence-corrected chi connectivity index (χ4v) is 1.42. The van der Waals surface area contributed by atoms with Crippen molar-refractivity contribution in [2.24, 2.45) is 0 Å². The third-order valence-corrected chi connectivity index (χ3v) is 2.25. The molecule has 0 aliphatic rings. The van der Waals surface area contributed by atoms with Crippen LogP contribution >= 0.6 is 41.4 Å². The minimum Gasteiger partial charge on any atom is -0.127 e. The zero-order chi connectivity index (χ0) is 11.1. The molecular formula is C10H22Cl3P. The van der Waals surface area contributed by atoms with Crippen molar-refractivity contribution < 1.29 is 0 Å². The lowest BCUT2D eigenvalue weighted by atomic mass is 10.1. The van der Waals surface area contributed by atoms with E-state index in [1.54, 1.807) is 0 Å². The van der Waals surface area contributed by atoms with Crippen molar-refractivity contribution in [1.82, 2.24) is 0 Å². The number of unbranched alkanes of at least 4 members (excludes halogenated alkanes) is 7. The van der Waals surface area contributed by atoms with E-state index < -0.39 is 0 Å². The van der Waals surface area contributed by atoms with Crippen LogP contribution in [0.1, 0.15) is 58.3 Å². The van der Waals surface area contributed by atoms with Crippen LogP contribution < -0.4 is 0 Å². The minimum absolute atomic E-state index is 0.0278. The zero-order valence-corrected chi connectivity index (χ0v) is 12.3. The third kappa shape index (κ3) is 23.3. The van der Waals surface area contributed by atoms with Crippen molar-refractivity contribution in [2.75, 3.05) is 5.88 Å². The van der Waals surface area contributed by atoms with E-state index in [0.29, 0.717) is 0 Å². The van der Waals surface area contributed by atoms with Gasteiger partial charge >= 0.3 is 0 Å². The molecule has 0 nitrogen and oxygen atoms in total. The van der Waals surface area contributed by atoms with E-state index in [4.69, 9.17) is 34.1 Å². The van der Waals surface area contributed by atoms with Crippen molar-refractivity contribution in [3.63, 3.8) is 0 Å². The smallest absolute Gasteiger partial charge is 0.0713 e. The first-order valence-electron chi connectivity index (χ1n) is 5.35. The van der Waals surface area contributed by atoms with Crippen LogP contribution in [0.25, 0.3) is 0 Å². The lowest BCUT2D eigenvalue weighted by Gasteiger charge is -1.98. The average Bonchev–Trinajstić information content (AvgIpc) is 2.18. The predicted molar refractivity (Wildman–Crippen MR) is 73.4 cm³/mol. The normalized spacial score (nSPS) is 9.43. The van der Waals surface area contributed by atoms with Gasteiger partial charge in [0.25, 0.3) is 0 Å². The lowest BCUT2D eigenvalue weighted by Crippen LogP contribution is -1.80. The second kappa shape index (κ2) is 19.8. The molecule has 0 aliphatic carbocycles. The molecule has 14 heavy (non-hydrogen) atoms. The summed E-state index contributed by atoms with van der Waals surface area (Å²) in [7, 11) is 0.0278. The molecule has 0 unspecified atom stereocenters. The second-order valence-electron chi connectivity index (χ2n) is 3.24. The van der Waals surface area contributed by atoms with Crippen LogP contribution in [-0.4, -0.2) is 5.88 Å². The summed E-state index contributed by atoms with van der Waals surface area (Å²) >= 11 is 15.1. The highest BCUT2D eigenvalue weighted by molar-refractivity contribution is 7.90. The lowest BCUT2D eigenvalue weighted by molar-refractivity contribution is 0.586. The van der Waals surface area contributed by atoms with E-state index in [-0.39, 0.29) is 7.29 Å². The fraction of sp³-hybridized carbons (Fsp3) is 1.00. The molecule has 0 saturated heterocycles. The van der Waals surface area contributed by atoms with Gasteiger partial charge in [-0.3, -0.25) is 0 Å². The Morgan fingerprint density at radius 3 is 1.50 bits per heavy atom. The standard InChI is InChI=1S/C10H21Cl.Cl2HP/c1-2-3-4-5-6-7-8-9-10-11;1-3-2/h2-10H2,1H3;3H. The maximum Gasteiger partial charge on any atom is 0.0713 e. The first-order chi connectivity index (χ1) is 6.83. The van der Waals surface area contributed by atoms with Gasteiger partial charge in [-0.1, -0.05) is 74.4 Å². The molecule has 0 aliphatic heterocycles. The van der Waals surface area contributed by atoms with Gasteiger partial charge in [0.15, 0.2) is 0 Å². The summed E-state index contributed by atoms with van der Waals surface area (Å²) in [4.78, 5) is 0. The summed E-state index contributed by atoms with van der Waals surface area (Å²) in [5.74, 6) is 0.842. The van der Waals surface area contributed by atoms with Crippen LogP contribution in [0.15, 0.2) is 0 Å². The van der Waals surface area contributed by atoms with Crippen LogP contribution in [0.3, 0.4) is 0 Å². The predicted octanol–water partition coefficient (Wildman–Crippen LogP) is 6.34. The summed E-state index contributed by atoms with van der Waals surface area (Å²) in [5, 5.41) is 0. The number of rotatable bonds is 8. The van der Waals surface area contributed by atoms with Crippen LogP contribution in [0.4, 0.5) is 0 Å². The molecule has 0 aromatic heterocycles. The summed E-state index contributed by atoms with van der Waals surface area (Å²) in [6.07, 6.45) is 10.9. The van der Waals surface area contributed by atoms with Gasteiger partial charge in [0.05, 0.1) is 7.29 Å². The van der Waals surface area contributed by atoms with Crippen molar-refractivity contribution in [2.45, 2.75) is 58.3 Å². The molecule has 0 aromatic carbocycles. The number of hydrogen-bond acceptors (Lipinski definition) is 0. The number of hydrogen-bond donors (Lipinski definition) is 0. The summed E-state index contributed by atoms with van der Waals surface area (Å²) < 4.78 is 0. The van der Waals surface area contributed by atoms with Crippen molar-refractivity contribution in [1.29, 1.82) is 0 Å². The van der Waals surface area contributed by atoms with E-state index in [1.807, 2.05) is 0 Å². The van der Waals surface area contributed by atoms with E-state index in [2.05, 4.69) is 6.92 Å². The van der Waals surface area contributed by atoms with Crippen LogP contribution in [0.5, 0.6) is 0 Å². The Morgan fingerprint density at radius 2 is 1.14 bits per heavy atom. The topological polar surface area (TPSA) is 0 Å². The van der Waals surface area contributed by atoms with Gasteiger partial charge in [-0.2, -0.15) is 0 Å². The maximum absolute atomic E-state index is 5.56. The van der Waals surface area contributed by atoms with Gasteiger partial charge in [-0.15, -0.1) is 11.6 Å². The van der Waals surface area contributed by atoms with Gasteiger partial charge in [-0.05, 0) is 6.42 Å². The number of halogens is 3. The number of alkyl halides is 1. The van der Waals surface area contributed by atoms with E-state index in [9.17, 15) is 0 Å². The molecule has 0 atom stereocenters. The van der Waals surface area contributed by atoms with Gasteiger partial charge < -0.3 is 0 Å². The Morgan fingerprint density at radius 1 is 0.786 bits per heavy atom. The molecule has 0 rings (SSSR count). The Balaban J connectivity index is 0. The molecule has 0 heterocycles. The average molecular weight is 280 g/mol. The molecule has 0 radical (unpaired) electrons. The first kappa shape index (κ1) is 17.7. The molecule has 0 aromatic rings. The molecule has 88 valence electrons. The summed E-state index contributed by atoms with van der Waals surface area (Å²) in [6, 6.07) is 0. The van der Waals surface area contributed by atoms with Gasteiger partial charge in [-0.25, -0.2) is 0 Å². The van der Waals surface area contributed by atoms with Gasteiger partial charge in [0.2, 0.25) is 0 Å². The van der Waals surface area contributed by atoms with E-state index >= 15 is 0 Å². The van der Waals surface area contributed by atoms with Gasteiger partial charge in [0.1, 0.15) is 0 Å². The highest BCUT2D eigenvalue weighted by Gasteiger charge is 1.89. The molecular weight excluding hydrogens is 257 g/mol. The quantitative estimate of drug-likeness (QED) is 0.276. The SMILES string of the molecule is CCCCCCCCCCCl.ClPCl. The van der Waals surface area contributed by atoms with Gasteiger partial charge in [0, 0.05) is 5.88 Å². The van der Waals surface area contributed by atoms with Crippen molar-refractivity contribution >= 4 is 41.4 Å². The Hall–Kier alpha value is 1.30. The summed E-state index contributed by atoms with van der Waals surface area (Å²) in [5.41, 5.74) is 0. The molecule has 0 bridgehead atoms. The highest BCUT2D eigenvalue weighted by atomic mass is 35.9. The Kier molecular flexibility index (Phi) is 25.0. The van der Waals surface area contributed by atoms with Crippen molar-refractivity contribution in [3.8, 4) is 0 Å². The third-order valence-electron chi connectivity index (χ3n) is 1.99. The van der Waals surface area contributed by atoms with E-state index in [1.165, 1.54) is 51.4 Å². The Labute approximate surface area is 105 Å². The molecule has 0 saturated carbocycles. The zero-order valence-electron chi connectivity index (χ0n) is 9.00. The largest absolute Gasteiger partial charge is 0.127 e. The molecule has 0 N–H and O–H groups in total. The molecule has 4 heteroatoms. The second-order valence-corrected chi connectivity index (χ2v) is 5.47. The molecule has 0 fully saturated rings. The first-order valence-corrected chi connectivity index (χ1v) is 8.91. The van der Waals surface area contributed by atoms with Crippen LogP contribution in [0, 0.1) is 0 Å². The van der Waals surface area contributed by atoms with Crippen molar-refractivity contribution in [3.05, 3.63) is 0 Å². The fourth-order valence-electron chi connectivity index (χ4n) is 1.23. The monoisotopic (exact) mass is 278 g/mol. The molecule has 0 spiro atoms. The van der Waals surface area contributed by atoms with E-state index in [0.717, 1.165) is 5.88 Å². The van der Waals surface area contributed by atoms with Crippen LogP contribution in [0.2, 0.25) is 0 Å². The summed E-state index contributed by atoms with van der Waals surface area (Å²) in [6.45, 7) is 2.26. The molecule has 0 amide bonds. The highest BCUT2D eigenvalue weighted by Crippen LogP contribution is 2.19.